The first-order valence-corrected chi connectivity index (χ1v) is 14.7. The molecule has 6 nitrogen and oxygen atoms in total. The van der Waals surface area contributed by atoms with Crippen molar-refractivity contribution in [2.75, 3.05) is 18.0 Å². The highest BCUT2D eigenvalue weighted by atomic mass is 35.5. The monoisotopic (exact) mass is 589 g/mol. The third-order valence-corrected chi connectivity index (χ3v) is 8.32. The number of nitrogens with zero attached hydrogens (tertiary/aromatic N) is 4. The van der Waals surface area contributed by atoms with Crippen LogP contribution in [0, 0.1) is 5.82 Å². The van der Waals surface area contributed by atoms with Crippen LogP contribution < -0.4 is 10.2 Å². The SMILES string of the molecule is O=C(NC1CCN(c2ccccn2)CC1)c1nn(-c2ccc(Cl)cc2Cl)c2c1CCCC/C2=C\c1ccc(F)cc1. The highest BCUT2D eigenvalue weighted by molar-refractivity contribution is 6.35. The van der Waals surface area contributed by atoms with E-state index in [1.165, 1.54) is 12.1 Å². The van der Waals surface area contributed by atoms with E-state index in [-0.39, 0.29) is 17.8 Å². The van der Waals surface area contributed by atoms with E-state index < -0.39 is 0 Å². The molecule has 0 bridgehead atoms. The number of rotatable bonds is 5. The van der Waals surface area contributed by atoms with Crippen molar-refractivity contribution in [2.45, 2.75) is 44.6 Å². The van der Waals surface area contributed by atoms with E-state index in [1.54, 1.807) is 35.1 Å². The van der Waals surface area contributed by atoms with Crippen LogP contribution in [0.2, 0.25) is 10.0 Å². The van der Waals surface area contributed by atoms with Crippen LogP contribution in [-0.2, 0) is 6.42 Å². The normalized spacial score (nSPS) is 16.9. The average molecular weight is 591 g/mol. The van der Waals surface area contributed by atoms with Crippen LogP contribution >= 0.6 is 23.2 Å². The molecule has 0 radical (unpaired) electrons. The maximum Gasteiger partial charge on any atom is 0.272 e. The van der Waals surface area contributed by atoms with Gasteiger partial charge in [-0.15, -0.1) is 0 Å². The number of fused-ring (bicyclic) bond motifs is 1. The van der Waals surface area contributed by atoms with E-state index in [2.05, 4.69) is 21.3 Å². The van der Waals surface area contributed by atoms with Crippen LogP contribution in [0.15, 0.2) is 66.9 Å². The number of aromatic nitrogens is 3. The van der Waals surface area contributed by atoms with Crippen molar-refractivity contribution in [1.29, 1.82) is 0 Å². The molecular formula is C32H30Cl2FN5O. The molecule has 1 N–H and O–H groups in total. The topological polar surface area (TPSA) is 63.1 Å². The summed E-state index contributed by atoms with van der Waals surface area (Å²) in [6, 6.07) is 17.7. The lowest BCUT2D eigenvalue weighted by atomic mass is 10.0. The molecule has 1 aliphatic heterocycles. The summed E-state index contributed by atoms with van der Waals surface area (Å²) in [4.78, 5) is 20.5. The van der Waals surface area contributed by atoms with E-state index in [0.29, 0.717) is 21.4 Å². The standard InChI is InChI=1S/C32H30Cl2FN5O/c33-23-10-13-28(27(34)20-23)40-31-22(19-21-8-11-24(35)12-9-21)5-1-2-6-26(31)30(38-40)32(41)37-25-14-17-39(18-15-25)29-7-3-4-16-36-29/h3-4,7-13,16,19-20,25H,1-2,5-6,14-15,17-18H2,(H,37,41)/b22-19+. The lowest BCUT2D eigenvalue weighted by Crippen LogP contribution is -2.45. The zero-order chi connectivity index (χ0) is 28.3. The van der Waals surface area contributed by atoms with E-state index >= 15 is 0 Å². The Labute approximate surface area is 248 Å². The van der Waals surface area contributed by atoms with Crippen molar-refractivity contribution in [3.8, 4) is 5.69 Å². The van der Waals surface area contributed by atoms with Gasteiger partial charge in [0.1, 0.15) is 11.6 Å². The van der Waals surface area contributed by atoms with Crippen molar-refractivity contribution in [2.24, 2.45) is 0 Å². The van der Waals surface area contributed by atoms with E-state index in [4.69, 9.17) is 28.3 Å². The van der Waals surface area contributed by atoms with Gasteiger partial charge in [0.15, 0.2) is 5.69 Å². The van der Waals surface area contributed by atoms with Crippen molar-refractivity contribution < 1.29 is 9.18 Å². The molecule has 0 atom stereocenters. The van der Waals surface area contributed by atoms with Crippen LogP contribution in [0.25, 0.3) is 17.3 Å². The third kappa shape index (κ3) is 6.02. The second-order valence-electron chi connectivity index (χ2n) is 10.5. The fourth-order valence-corrected chi connectivity index (χ4v) is 6.20. The van der Waals surface area contributed by atoms with Crippen LogP contribution in [-0.4, -0.2) is 39.8 Å². The number of hydrogen-bond donors (Lipinski definition) is 1. The largest absolute Gasteiger partial charge is 0.356 e. The Bertz CT molecular complexity index is 1580. The summed E-state index contributed by atoms with van der Waals surface area (Å²) in [6.07, 6.45) is 8.92. The molecule has 1 saturated heterocycles. The van der Waals surface area contributed by atoms with Gasteiger partial charge in [-0.25, -0.2) is 14.1 Å². The molecule has 210 valence electrons. The summed E-state index contributed by atoms with van der Waals surface area (Å²) in [5.74, 6) is 0.502. The third-order valence-electron chi connectivity index (χ3n) is 7.78. The van der Waals surface area contributed by atoms with Gasteiger partial charge in [-0.2, -0.15) is 5.10 Å². The van der Waals surface area contributed by atoms with Crippen LogP contribution in [0.3, 0.4) is 0 Å². The number of allylic oxidation sites excluding steroid dienone is 1. The number of hydrogen-bond acceptors (Lipinski definition) is 4. The molecule has 0 saturated carbocycles. The van der Waals surface area contributed by atoms with Crippen molar-refractivity contribution in [3.63, 3.8) is 0 Å². The lowest BCUT2D eigenvalue weighted by molar-refractivity contribution is 0.0924. The van der Waals surface area contributed by atoms with Gasteiger partial charge in [-0.3, -0.25) is 4.79 Å². The van der Waals surface area contributed by atoms with E-state index in [0.717, 1.165) is 79.8 Å². The second-order valence-corrected chi connectivity index (χ2v) is 11.4. The predicted molar refractivity (Wildman–Crippen MR) is 162 cm³/mol. The van der Waals surface area contributed by atoms with Crippen molar-refractivity contribution in [1.82, 2.24) is 20.1 Å². The molecule has 4 aromatic rings. The Hall–Kier alpha value is -3.68. The molecule has 0 spiro atoms. The molecule has 0 unspecified atom stereocenters. The number of anilines is 1. The number of halogens is 3. The minimum Gasteiger partial charge on any atom is -0.356 e. The number of carbonyl (C=O) groups is 1. The minimum absolute atomic E-state index is 0.0439. The zero-order valence-corrected chi connectivity index (χ0v) is 24.0. The molecule has 2 aromatic carbocycles. The maximum atomic E-state index is 13.8. The first-order valence-electron chi connectivity index (χ1n) is 14.0. The van der Waals surface area contributed by atoms with Gasteiger partial charge < -0.3 is 10.2 Å². The summed E-state index contributed by atoms with van der Waals surface area (Å²) in [5.41, 5.74) is 4.77. The smallest absolute Gasteiger partial charge is 0.272 e. The number of benzene rings is 2. The molecular weight excluding hydrogens is 560 g/mol. The van der Waals surface area contributed by atoms with Gasteiger partial charge in [0, 0.05) is 35.9 Å². The van der Waals surface area contributed by atoms with E-state index in [1.807, 2.05) is 24.3 Å². The lowest BCUT2D eigenvalue weighted by Gasteiger charge is -2.33. The van der Waals surface area contributed by atoms with Crippen LogP contribution in [0.1, 0.15) is 59.4 Å². The number of piperidine rings is 1. The Morgan fingerprint density at radius 2 is 1.78 bits per heavy atom. The minimum atomic E-state index is -0.281. The quantitative estimate of drug-likeness (QED) is 0.247. The Morgan fingerprint density at radius 1 is 1.00 bits per heavy atom. The molecule has 9 heteroatoms. The zero-order valence-electron chi connectivity index (χ0n) is 22.5. The second kappa shape index (κ2) is 12.0. The highest BCUT2D eigenvalue weighted by Crippen LogP contribution is 2.37. The highest BCUT2D eigenvalue weighted by Gasteiger charge is 2.30. The Balaban J connectivity index is 1.34. The molecule has 6 rings (SSSR count). The van der Waals surface area contributed by atoms with E-state index in [9.17, 15) is 9.18 Å². The molecule has 2 aliphatic rings. The number of amides is 1. The number of pyridine rings is 1. The molecule has 1 amide bonds. The summed E-state index contributed by atoms with van der Waals surface area (Å²) < 4.78 is 15.4. The average Bonchev–Trinajstić information content (AvgIpc) is 3.23. The van der Waals surface area contributed by atoms with Crippen molar-refractivity contribution >= 4 is 46.6 Å². The number of carbonyl (C=O) groups excluding carboxylic acids is 1. The van der Waals surface area contributed by atoms with Gasteiger partial charge in [0.25, 0.3) is 5.91 Å². The van der Waals surface area contributed by atoms with Gasteiger partial charge in [-0.1, -0.05) is 41.4 Å². The summed E-state index contributed by atoms with van der Waals surface area (Å²) in [7, 11) is 0. The van der Waals surface area contributed by atoms with Gasteiger partial charge in [0.2, 0.25) is 0 Å². The Kier molecular flexibility index (Phi) is 8.08. The fraction of sp³-hybridized carbons (Fsp3) is 0.281. The van der Waals surface area contributed by atoms with Crippen molar-refractivity contribution in [3.05, 3.63) is 105 Å². The first kappa shape index (κ1) is 27.5. The summed E-state index contributed by atoms with van der Waals surface area (Å²) in [5, 5.41) is 9.11. The van der Waals surface area contributed by atoms with Crippen LogP contribution in [0.4, 0.5) is 10.2 Å². The molecule has 3 heterocycles. The van der Waals surface area contributed by atoms with Gasteiger partial charge >= 0.3 is 0 Å². The molecule has 41 heavy (non-hydrogen) atoms. The maximum absolute atomic E-state index is 13.8. The molecule has 2 aromatic heterocycles. The number of nitrogens with one attached hydrogen (secondary N) is 1. The Morgan fingerprint density at radius 3 is 2.51 bits per heavy atom. The van der Waals surface area contributed by atoms with Gasteiger partial charge in [0.05, 0.1) is 16.4 Å². The predicted octanol–water partition coefficient (Wildman–Crippen LogP) is 7.38. The van der Waals surface area contributed by atoms with Crippen LogP contribution in [0.5, 0.6) is 0 Å². The summed E-state index contributed by atoms with van der Waals surface area (Å²) in [6.45, 7) is 1.64. The molecule has 1 fully saturated rings. The fourth-order valence-electron chi connectivity index (χ4n) is 5.71. The summed E-state index contributed by atoms with van der Waals surface area (Å²) >= 11 is 12.9. The van der Waals surface area contributed by atoms with Gasteiger partial charge in [-0.05, 0) is 98.2 Å². The molecule has 1 aliphatic carbocycles. The first-order chi connectivity index (χ1) is 20.0.